The van der Waals surface area contributed by atoms with Crippen molar-refractivity contribution in [2.24, 2.45) is 13.0 Å². The van der Waals surface area contributed by atoms with Crippen molar-refractivity contribution in [1.29, 1.82) is 0 Å². The molecule has 0 N–H and O–H groups in total. The molecule has 0 amide bonds. The Balaban J connectivity index is 1.71. The highest BCUT2D eigenvalue weighted by molar-refractivity contribution is 5.93. The summed E-state index contributed by atoms with van der Waals surface area (Å²) >= 11 is 0. The minimum absolute atomic E-state index is 0.0915. The summed E-state index contributed by atoms with van der Waals surface area (Å²) in [6, 6.07) is 18.6. The Morgan fingerprint density at radius 2 is 1.76 bits per heavy atom. The first-order chi connectivity index (χ1) is 16.5. The number of allylic oxidation sites excluding steroid dienone is 2. The van der Waals surface area contributed by atoms with Crippen LogP contribution in [-0.4, -0.2) is 35.6 Å². The summed E-state index contributed by atoms with van der Waals surface area (Å²) in [6.07, 6.45) is 6.07. The van der Waals surface area contributed by atoms with Crippen LogP contribution in [0.3, 0.4) is 0 Å². The van der Waals surface area contributed by atoms with Gasteiger partial charge in [0.05, 0.1) is 26.2 Å². The molecule has 174 valence electrons. The third kappa shape index (κ3) is 3.59. The molecule has 2 bridgehead atoms. The molecule has 0 saturated heterocycles. The number of hydrogen-bond donors (Lipinski definition) is 0. The summed E-state index contributed by atoms with van der Waals surface area (Å²) < 4.78 is 12.4. The van der Waals surface area contributed by atoms with Crippen molar-refractivity contribution in [1.82, 2.24) is 9.47 Å². The Kier molecular flexibility index (Phi) is 5.74. The molecule has 2 heterocycles. The van der Waals surface area contributed by atoms with Gasteiger partial charge in [-0.05, 0) is 29.2 Å². The number of carbonyl (C=O) groups excluding carboxylic acids is 2. The zero-order chi connectivity index (χ0) is 23.8. The van der Waals surface area contributed by atoms with Gasteiger partial charge in [0, 0.05) is 48.4 Å². The average molecular weight is 457 g/mol. The van der Waals surface area contributed by atoms with Crippen molar-refractivity contribution in [2.45, 2.75) is 24.9 Å². The van der Waals surface area contributed by atoms with Crippen molar-refractivity contribution in [3.05, 3.63) is 95.3 Å². The second-order valence-corrected chi connectivity index (χ2v) is 8.88. The predicted octanol–water partition coefficient (Wildman–Crippen LogP) is 4.62. The van der Waals surface area contributed by atoms with Gasteiger partial charge in [-0.1, -0.05) is 54.6 Å². The topological polar surface area (TPSA) is 60.8 Å². The van der Waals surface area contributed by atoms with Crippen molar-refractivity contribution < 1.29 is 19.1 Å². The summed E-state index contributed by atoms with van der Waals surface area (Å²) in [7, 11) is 4.88. The number of aromatic nitrogens is 1. The van der Waals surface area contributed by atoms with Crippen molar-refractivity contribution in [3.8, 4) is 0 Å². The molecule has 3 aromatic rings. The second-order valence-electron chi connectivity index (χ2n) is 8.88. The van der Waals surface area contributed by atoms with Gasteiger partial charge in [-0.25, -0.2) is 4.79 Å². The van der Waals surface area contributed by atoms with E-state index in [9.17, 15) is 9.59 Å². The summed E-state index contributed by atoms with van der Waals surface area (Å²) in [6.45, 7) is 0.720. The third-order valence-electron chi connectivity index (χ3n) is 7.12. The summed E-state index contributed by atoms with van der Waals surface area (Å²) in [4.78, 5) is 27.4. The molecule has 1 aromatic heterocycles. The van der Waals surface area contributed by atoms with Crippen LogP contribution < -0.4 is 0 Å². The SMILES string of the molecule is COC(=O)/C=C/C1=CN(Cc2ccccc2)[C@@H]2C[C@H]1[C@H](C(=O)OC)c1c2n(C)c2ccccc12. The third-order valence-corrected chi connectivity index (χ3v) is 7.12. The van der Waals surface area contributed by atoms with Crippen molar-refractivity contribution in [2.75, 3.05) is 14.2 Å². The predicted molar refractivity (Wildman–Crippen MR) is 130 cm³/mol. The van der Waals surface area contributed by atoms with Crippen LogP contribution in [0.1, 0.15) is 35.2 Å². The minimum atomic E-state index is -0.449. The first-order valence-electron chi connectivity index (χ1n) is 11.5. The zero-order valence-electron chi connectivity index (χ0n) is 19.6. The Morgan fingerprint density at radius 1 is 1.03 bits per heavy atom. The number of carbonyl (C=O) groups is 2. The number of nitrogens with zero attached hydrogens (tertiary/aromatic N) is 2. The average Bonchev–Trinajstić information content (AvgIpc) is 3.17. The van der Waals surface area contributed by atoms with E-state index >= 15 is 0 Å². The summed E-state index contributed by atoms with van der Waals surface area (Å²) in [5.41, 5.74) is 5.40. The Morgan fingerprint density at radius 3 is 2.50 bits per heavy atom. The van der Waals surface area contributed by atoms with Crippen LogP contribution in [0.5, 0.6) is 0 Å². The van der Waals surface area contributed by atoms with E-state index in [0.717, 1.165) is 40.7 Å². The number of esters is 2. The maximum atomic E-state index is 13.2. The van der Waals surface area contributed by atoms with Crippen molar-refractivity contribution in [3.63, 3.8) is 0 Å². The van der Waals surface area contributed by atoms with Crippen LogP contribution in [-0.2, 0) is 32.7 Å². The molecule has 0 radical (unpaired) electrons. The Bertz CT molecular complexity index is 1300. The van der Waals surface area contributed by atoms with Gasteiger partial charge in [-0.2, -0.15) is 0 Å². The van der Waals surface area contributed by atoms with E-state index in [2.05, 4.69) is 47.0 Å². The number of para-hydroxylation sites is 1. The molecule has 0 fully saturated rings. The highest BCUT2D eigenvalue weighted by atomic mass is 16.5. The molecule has 6 nitrogen and oxygen atoms in total. The van der Waals surface area contributed by atoms with E-state index in [1.807, 2.05) is 30.3 Å². The normalized spacial score (nSPS) is 21.3. The number of rotatable bonds is 5. The molecular weight excluding hydrogens is 428 g/mol. The molecular formula is C28H28N2O4. The highest BCUT2D eigenvalue weighted by Gasteiger charge is 2.47. The number of methoxy groups -OCH3 is 2. The largest absolute Gasteiger partial charge is 0.469 e. The highest BCUT2D eigenvalue weighted by Crippen LogP contribution is 2.53. The van der Waals surface area contributed by atoms with E-state index in [1.165, 1.54) is 25.9 Å². The van der Waals surface area contributed by atoms with Crippen LogP contribution >= 0.6 is 0 Å². The molecule has 0 saturated carbocycles. The van der Waals surface area contributed by atoms with Crippen LogP contribution in [0.2, 0.25) is 0 Å². The van der Waals surface area contributed by atoms with Gasteiger partial charge in [-0.15, -0.1) is 0 Å². The fourth-order valence-electron chi connectivity index (χ4n) is 5.62. The summed E-state index contributed by atoms with van der Waals surface area (Å²) in [5, 5.41) is 1.07. The molecule has 5 rings (SSSR count). The Hall–Kier alpha value is -3.80. The molecule has 6 heteroatoms. The molecule has 3 atom stereocenters. The van der Waals surface area contributed by atoms with Crippen LogP contribution in [0.4, 0.5) is 0 Å². The minimum Gasteiger partial charge on any atom is -0.469 e. The second kappa shape index (κ2) is 8.86. The molecule has 2 aliphatic rings. The molecule has 0 spiro atoms. The first-order valence-corrected chi connectivity index (χ1v) is 11.5. The summed E-state index contributed by atoms with van der Waals surface area (Å²) in [5.74, 6) is -1.23. The lowest BCUT2D eigenvalue weighted by Gasteiger charge is -2.45. The van der Waals surface area contributed by atoms with E-state index < -0.39 is 11.9 Å². The lowest BCUT2D eigenvalue weighted by Crippen LogP contribution is -2.40. The van der Waals surface area contributed by atoms with Gasteiger partial charge in [0.15, 0.2) is 0 Å². The Labute approximate surface area is 199 Å². The number of ether oxygens (including phenoxy) is 2. The maximum Gasteiger partial charge on any atom is 0.330 e. The zero-order valence-corrected chi connectivity index (χ0v) is 19.6. The molecule has 34 heavy (non-hydrogen) atoms. The standard InChI is InChI=1S/C28H28N2O4/c1-29-22-12-8-7-11-20(22)25-26(28(32)34-3)21-15-23(27(25)29)30(16-18-9-5-4-6-10-18)17-19(21)13-14-24(31)33-2/h4-14,17,21,23,26H,15-16H2,1-3H3/b14-13+/t21-,23-,26+/m1/s1. The van der Waals surface area contributed by atoms with Crippen LogP contribution in [0.25, 0.3) is 10.9 Å². The van der Waals surface area contributed by atoms with E-state index in [1.54, 1.807) is 6.08 Å². The van der Waals surface area contributed by atoms with E-state index in [4.69, 9.17) is 9.47 Å². The van der Waals surface area contributed by atoms with Crippen LogP contribution in [0, 0.1) is 5.92 Å². The molecule has 1 aliphatic heterocycles. The number of aryl methyl sites for hydroxylation is 1. The smallest absolute Gasteiger partial charge is 0.330 e. The fourth-order valence-corrected chi connectivity index (χ4v) is 5.62. The van der Waals surface area contributed by atoms with Crippen LogP contribution in [0.15, 0.2) is 78.5 Å². The maximum absolute atomic E-state index is 13.2. The fraction of sp³-hybridized carbons (Fsp3) is 0.286. The van der Waals surface area contributed by atoms with E-state index in [-0.39, 0.29) is 17.9 Å². The monoisotopic (exact) mass is 456 g/mol. The molecule has 0 unspecified atom stereocenters. The number of benzene rings is 2. The number of fused-ring (bicyclic) bond motifs is 6. The quantitative estimate of drug-likeness (QED) is 0.414. The number of hydrogen-bond acceptors (Lipinski definition) is 5. The molecule has 2 aromatic carbocycles. The van der Waals surface area contributed by atoms with E-state index in [0.29, 0.717) is 0 Å². The van der Waals surface area contributed by atoms with Gasteiger partial charge >= 0.3 is 11.9 Å². The van der Waals surface area contributed by atoms with Gasteiger partial charge in [-0.3, -0.25) is 4.79 Å². The van der Waals surface area contributed by atoms with Gasteiger partial charge in [0.2, 0.25) is 0 Å². The van der Waals surface area contributed by atoms with Gasteiger partial charge in [0.25, 0.3) is 0 Å². The van der Waals surface area contributed by atoms with Gasteiger partial charge in [0.1, 0.15) is 0 Å². The molecule has 1 aliphatic carbocycles. The van der Waals surface area contributed by atoms with Gasteiger partial charge < -0.3 is 18.9 Å². The first kappa shape index (κ1) is 22.0. The van der Waals surface area contributed by atoms with Crippen molar-refractivity contribution >= 4 is 22.8 Å². The lowest BCUT2D eigenvalue weighted by atomic mass is 9.69. The lowest BCUT2D eigenvalue weighted by molar-refractivity contribution is -0.144.